The lowest BCUT2D eigenvalue weighted by molar-refractivity contribution is -0.136. The number of rotatable bonds is 5. The summed E-state index contributed by atoms with van der Waals surface area (Å²) in [5, 5.41) is 0. The molecule has 5 heterocycles. The zero-order valence-electron chi connectivity index (χ0n) is 16.0. The van der Waals surface area contributed by atoms with Crippen LogP contribution in [-0.4, -0.2) is 60.1 Å². The number of hydrogen-bond donors (Lipinski definition) is 1. The Hall–Kier alpha value is -2.28. The lowest BCUT2D eigenvalue weighted by Gasteiger charge is -2.51. The molecule has 7 nitrogen and oxygen atoms in total. The fourth-order valence-corrected chi connectivity index (χ4v) is 5.70. The van der Waals surface area contributed by atoms with E-state index in [-0.39, 0.29) is 37.0 Å². The van der Waals surface area contributed by atoms with Gasteiger partial charge in [-0.2, -0.15) is 0 Å². The molecule has 1 aromatic carbocycles. The number of amides is 2. The Morgan fingerprint density at radius 1 is 1.07 bits per heavy atom. The lowest BCUT2D eigenvalue weighted by atomic mass is 9.75. The predicted octanol–water partition coefficient (Wildman–Crippen LogP) is 1.46. The molecule has 0 aromatic heterocycles. The first-order valence-corrected chi connectivity index (χ1v) is 10.3. The molecular weight excluding hydrogens is 358 g/mol. The van der Waals surface area contributed by atoms with E-state index in [1.807, 2.05) is 6.07 Å². The number of primary amides is 1. The summed E-state index contributed by atoms with van der Waals surface area (Å²) in [7, 11) is 0. The van der Waals surface area contributed by atoms with Crippen molar-refractivity contribution in [3.63, 3.8) is 0 Å². The average Bonchev–Trinajstić information content (AvgIpc) is 3.33. The number of likely N-dealkylation sites (tertiary alicyclic amines) is 1. The van der Waals surface area contributed by atoms with Crippen molar-refractivity contribution in [1.29, 1.82) is 0 Å². The highest BCUT2D eigenvalue weighted by atomic mass is 16.7. The molecule has 5 aliphatic heterocycles. The first-order chi connectivity index (χ1) is 13.6. The standard InChI is InChI=1S/C21H27N3O4/c22-18(25)2-1-3-19(26)24-11-15(14-4-5-16-17(10-14)28-12-27-16)21-20(24)13-6-8-23(21)9-7-13/h4-5,10,13,15,20-21H,1-3,6-9,11-12H2,(H2,22,25)/t15-,20+,21+/m1/s1. The molecule has 4 saturated heterocycles. The maximum absolute atomic E-state index is 13.0. The molecule has 6 rings (SSSR count). The van der Waals surface area contributed by atoms with Crippen molar-refractivity contribution in [3.05, 3.63) is 23.8 Å². The number of carbonyl (C=O) groups is 2. The molecule has 0 radical (unpaired) electrons. The number of fused-ring (bicyclic) bond motifs is 3. The minimum atomic E-state index is -0.340. The van der Waals surface area contributed by atoms with Gasteiger partial charge in [0.15, 0.2) is 11.5 Å². The summed E-state index contributed by atoms with van der Waals surface area (Å²) >= 11 is 0. The zero-order valence-corrected chi connectivity index (χ0v) is 16.0. The van der Waals surface area contributed by atoms with Crippen LogP contribution in [0.4, 0.5) is 0 Å². The summed E-state index contributed by atoms with van der Waals surface area (Å²) in [4.78, 5) is 28.8. The minimum Gasteiger partial charge on any atom is -0.454 e. The van der Waals surface area contributed by atoms with Crippen LogP contribution in [0.3, 0.4) is 0 Å². The summed E-state index contributed by atoms with van der Waals surface area (Å²) in [6.07, 6.45) is 3.53. The van der Waals surface area contributed by atoms with Gasteiger partial charge in [0.25, 0.3) is 0 Å². The van der Waals surface area contributed by atoms with E-state index in [0.717, 1.165) is 31.1 Å². The van der Waals surface area contributed by atoms with Gasteiger partial charge in [-0.05, 0) is 56.0 Å². The van der Waals surface area contributed by atoms with E-state index in [0.29, 0.717) is 24.8 Å². The van der Waals surface area contributed by atoms with Crippen LogP contribution in [0.2, 0.25) is 0 Å². The SMILES string of the molecule is NC(=O)CCCC(=O)N1C[C@H](c2ccc3c(c2)OCO3)[C@H]2[C@@H]1C1CCN2CC1. The fraction of sp³-hybridized carbons (Fsp3) is 0.619. The van der Waals surface area contributed by atoms with Gasteiger partial charge in [0.05, 0.1) is 6.04 Å². The molecule has 2 amide bonds. The number of nitrogens with two attached hydrogens (primary N) is 1. The Labute approximate surface area is 164 Å². The van der Waals surface area contributed by atoms with E-state index >= 15 is 0 Å². The molecule has 0 aliphatic carbocycles. The van der Waals surface area contributed by atoms with Crippen molar-refractivity contribution in [2.24, 2.45) is 11.7 Å². The van der Waals surface area contributed by atoms with Gasteiger partial charge >= 0.3 is 0 Å². The quantitative estimate of drug-likeness (QED) is 0.829. The van der Waals surface area contributed by atoms with Gasteiger partial charge in [-0.3, -0.25) is 14.5 Å². The molecule has 3 atom stereocenters. The van der Waals surface area contributed by atoms with Crippen LogP contribution in [0.25, 0.3) is 0 Å². The Morgan fingerprint density at radius 2 is 1.86 bits per heavy atom. The van der Waals surface area contributed by atoms with Crippen molar-refractivity contribution in [1.82, 2.24) is 9.80 Å². The third kappa shape index (κ3) is 2.92. The van der Waals surface area contributed by atoms with Crippen LogP contribution >= 0.6 is 0 Å². The summed E-state index contributed by atoms with van der Waals surface area (Å²) in [5.41, 5.74) is 6.46. The van der Waals surface area contributed by atoms with Crippen LogP contribution in [-0.2, 0) is 9.59 Å². The van der Waals surface area contributed by atoms with E-state index in [9.17, 15) is 9.59 Å². The molecule has 2 N–H and O–H groups in total. The van der Waals surface area contributed by atoms with Crippen molar-refractivity contribution in [3.8, 4) is 11.5 Å². The average molecular weight is 385 g/mol. The third-order valence-corrected chi connectivity index (χ3v) is 6.95. The Kier molecular flexibility index (Phi) is 4.42. The molecule has 150 valence electrons. The molecular formula is C21H27N3O4. The van der Waals surface area contributed by atoms with Gasteiger partial charge in [-0.15, -0.1) is 0 Å². The van der Waals surface area contributed by atoms with Crippen molar-refractivity contribution < 1.29 is 19.1 Å². The summed E-state index contributed by atoms with van der Waals surface area (Å²) in [6.45, 7) is 3.25. The predicted molar refractivity (Wildman–Crippen MR) is 102 cm³/mol. The topological polar surface area (TPSA) is 85.1 Å². The van der Waals surface area contributed by atoms with Gasteiger partial charge < -0.3 is 20.1 Å². The molecule has 5 aliphatic rings. The minimum absolute atomic E-state index is 0.160. The van der Waals surface area contributed by atoms with Crippen LogP contribution in [0.1, 0.15) is 43.6 Å². The van der Waals surface area contributed by atoms with Gasteiger partial charge in [-0.1, -0.05) is 6.07 Å². The van der Waals surface area contributed by atoms with E-state index in [2.05, 4.69) is 21.9 Å². The van der Waals surface area contributed by atoms with Crippen molar-refractivity contribution >= 4 is 11.8 Å². The van der Waals surface area contributed by atoms with Gasteiger partial charge in [0.2, 0.25) is 18.6 Å². The molecule has 0 unspecified atom stereocenters. The Bertz CT molecular complexity index is 790. The Morgan fingerprint density at radius 3 is 2.64 bits per heavy atom. The van der Waals surface area contributed by atoms with Gasteiger partial charge in [0.1, 0.15) is 0 Å². The summed E-state index contributed by atoms with van der Waals surface area (Å²) in [5.74, 6) is 2.28. The molecule has 28 heavy (non-hydrogen) atoms. The largest absolute Gasteiger partial charge is 0.454 e. The maximum Gasteiger partial charge on any atom is 0.231 e. The lowest BCUT2D eigenvalue weighted by Crippen LogP contribution is -2.60. The molecule has 7 heteroatoms. The number of piperidine rings is 3. The normalized spacial score (nSPS) is 32.4. The molecule has 0 spiro atoms. The first-order valence-electron chi connectivity index (χ1n) is 10.3. The van der Waals surface area contributed by atoms with Crippen LogP contribution in [0.5, 0.6) is 11.5 Å². The number of ether oxygens (including phenoxy) is 2. The van der Waals surface area contributed by atoms with E-state index in [1.54, 1.807) is 0 Å². The van der Waals surface area contributed by atoms with Gasteiger partial charge in [-0.25, -0.2) is 0 Å². The van der Waals surface area contributed by atoms with Gasteiger partial charge in [0, 0.05) is 31.3 Å². The van der Waals surface area contributed by atoms with E-state index < -0.39 is 0 Å². The second kappa shape index (κ2) is 6.95. The number of hydrogen-bond acceptors (Lipinski definition) is 5. The molecule has 2 bridgehead atoms. The van der Waals surface area contributed by atoms with Crippen molar-refractivity contribution in [2.75, 3.05) is 26.4 Å². The zero-order chi connectivity index (χ0) is 19.3. The second-order valence-corrected chi connectivity index (χ2v) is 8.44. The molecule has 4 fully saturated rings. The Balaban J connectivity index is 1.41. The van der Waals surface area contributed by atoms with E-state index in [1.165, 1.54) is 18.4 Å². The second-order valence-electron chi connectivity index (χ2n) is 8.44. The highest BCUT2D eigenvalue weighted by Gasteiger charge is 2.54. The summed E-state index contributed by atoms with van der Waals surface area (Å²) < 4.78 is 11.0. The summed E-state index contributed by atoms with van der Waals surface area (Å²) in [6, 6.07) is 6.85. The number of nitrogens with zero attached hydrogens (tertiary/aromatic N) is 2. The monoisotopic (exact) mass is 385 g/mol. The molecule has 0 saturated carbocycles. The smallest absolute Gasteiger partial charge is 0.231 e. The highest BCUT2D eigenvalue weighted by molar-refractivity contribution is 5.79. The van der Waals surface area contributed by atoms with Crippen LogP contribution in [0, 0.1) is 5.92 Å². The number of carbonyl (C=O) groups excluding carboxylic acids is 2. The van der Waals surface area contributed by atoms with Crippen molar-refractivity contribution in [2.45, 2.75) is 50.1 Å². The highest BCUT2D eigenvalue weighted by Crippen LogP contribution is 2.48. The van der Waals surface area contributed by atoms with Crippen LogP contribution < -0.4 is 15.2 Å². The third-order valence-electron chi connectivity index (χ3n) is 6.95. The maximum atomic E-state index is 13.0. The first kappa shape index (κ1) is 17.8. The fourth-order valence-electron chi connectivity index (χ4n) is 5.70. The van der Waals surface area contributed by atoms with Crippen LogP contribution in [0.15, 0.2) is 18.2 Å². The molecule has 1 aromatic rings. The van der Waals surface area contributed by atoms with E-state index in [4.69, 9.17) is 15.2 Å². The number of benzene rings is 1.